The number of aliphatic hydroxyl groups excluding tert-OH is 1. The second-order valence-corrected chi connectivity index (χ2v) is 5.11. The van der Waals surface area contributed by atoms with Gasteiger partial charge in [-0.1, -0.05) is 0 Å². The van der Waals surface area contributed by atoms with Crippen LogP contribution in [0.4, 0.5) is 0 Å². The van der Waals surface area contributed by atoms with Gasteiger partial charge in [-0.05, 0) is 26.2 Å². The van der Waals surface area contributed by atoms with Gasteiger partial charge in [-0.3, -0.25) is 13.9 Å². The maximum Gasteiger partial charge on any atom is 0.332 e. The van der Waals surface area contributed by atoms with Crippen LogP contribution in [0, 0.1) is 0 Å². The molecule has 0 spiro atoms. The minimum Gasteiger partial charge on any atom is -0.393 e. The minimum absolute atomic E-state index is 0.239. The van der Waals surface area contributed by atoms with Crippen LogP contribution in [-0.4, -0.2) is 29.1 Å². The number of rotatable bonds is 5. The molecule has 0 aliphatic rings. The maximum atomic E-state index is 12.1. The van der Waals surface area contributed by atoms with E-state index in [1.807, 2.05) is 0 Å². The first-order valence-electron chi connectivity index (χ1n) is 6.12. The topological polar surface area (TPSA) is 90.0 Å². The van der Waals surface area contributed by atoms with E-state index in [1.165, 1.54) is 9.13 Å². The van der Waals surface area contributed by atoms with Crippen molar-refractivity contribution in [3.05, 3.63) is 20.8 Å². The highest BCUT2D eigenvalue weighted by Gasteiger charge is 2.13. The van der Waals surface area contributed by atoms with Crippen LogP contribution in [0.15, 0.2) is 9.59 Å². The molecule has 0 unspecified atom stereocenters. The fourth-order valence-electron chi connectivity index (χ4n) is 1.93. The molecule has 2 rings (SSSR count). The zero-order valence-electron chi connectivity index (χ0n) is 10.9. The molecule has 7 nitrogen and oxygen atoms in total. The van der Waals surface area contributed by atoms with E-state index < -0.39 is 0 Å². The van der Waals surface area contributed by atoms with Gasteiger partial charge in [-0.15, -0.1) is 0 Å². The number of unbranched alkanes of at least 4 members (excludes halogenated alkanes) is 1. The lowest BCUT2D eigenvalue weighted by Crippen LogP contribution is -2.39. The molecule has 1 N–H and O–H groups in total. The molecular formula is C11H16N4O3S. The number of hydrogen-bond acceptors (Lipinski definition) is 6. The Hall–Kier alpha value is -1.54. The molecule has 2 aromatic rings. The van der Waals surface area contributed by atoms with E-state index in [0.29, 0.717) is 25.0 Å². The van der Waals surface area contributed by atoms with Gasteiger partial charge in [0.2, 0.25) is 0 Å². The first-order chi connectivity index (χ1) is 9.02. The van der Waals surface area contributed by atoms with Crippen molar-refractivity contribution in [3.8, 4) is 0 Å². The van der Waals surface area contributed by atoms with E-state index in [9.17, 15) is 9.59 Å². The summed E-state index contributed by atoms with van der Waals surface area (Å²) in [5.74, 6) is 0. The van der Waals surface area contributed by atoms with Crippen LogP contribution in [0.3, 0.4) is 0 Å². The molecule has 0 saturated heterocycles. The monoisotopic (exact) mass is 284 g/mol. The maximum absolute atomic E-state index is 12.1. The van der Waals surface area contributed by atoms with Gasteiger partial charge in [0.05, 0.1) is 17.8 Å². The fourth-order valence-corrected chi connectivity index (χ4v) is 2.50. The summed E-state index contributed by atoms with van der Waals surface area (Å²) in [5.41, 5.74) is -0.186. The van der Waals surface area contributed by atoms with Crippen molar-refractivity contribution in [2.75, 3.05) is 0 Å². The lowest BCUT2D eigenvalue weighted by atomic mass is 10.2. The van der Waals surface area contributed by atoms with Gasteiger partial charge in [-0.2, -0.15) is 8.75 Å². The van der Waals surface area contributed by atoms with Crippen LogP contribution in [0.5, 0.6) is 0 Å². The number of aliphatic hydroxyl groups is 1. The zero-order valence-corrected chi connectivity index (χ0v) is 11.7. The number of nitrogens with zero attached hydrogens (tertiary/aromatic N) is 4. The molecule has 0 amide bonds. The number of aryl methyl sites for hydroxylation is 1. The number of hydrogen-bond donors (Lipinski definition) is 1. The van der Waals surface area contributed by atoms with Gasteiger partial charge in [-0.25, -0.2) is 4.79 Å². The van der Waals surface area contributed by atoms with E-state index in [0.717, 1.165) is 18.1 Å². The predicted molar refractivity (Wildman–Crippen MR) is 72.4 cm³/mol. The first-order valence-corrected chi connectivity index (χ1v) is 6.85. The fraction of sp³-hybridized carbons (Fsp3) is 0.636. The Morgan fingerprint density at radius 2 is 2.05 bits per heavy atom. The summed E-state index contributed by atoms with van der Waals surface area (Å²) in [6.45, 7) is 2.06. The molecule has 19 heavy (non-hydrogen) atoms. The minimum atomic E-state index is -0.385. The van der Waals surface area contributed by atoms with Crippen molar-refractivity contribution in [2.24, 2.45) is 7.05 Å². The Bertz CT molecular complexity index is 685. The van der Waals surface area contributed by atoms with Crippen LogP contribution in [0.2, 0.25) is 0 Å². The van der Waals surface area contributed by atoms with Gasteiger partial charge in [0.25, 0.3) is 5.56 Å². The Kier molecular flexibility index (Phi) is 4.11. The average Bonchev–Trinajstić information content (AvgIpc) is 2.84. The molecule has 2 heterocycles. The smallest absolute Gasteiger partial charge is 0.332 e. The summed E-state index contributed by atoms with van der Waals surface area (Å²) in [6, 6.07) is 0. The third kappa shape index (κ3) is 2.74. The Morgan fingerprint density at radius 3 is 2.74 bits per heavy atom. The van der Waals surface area contributed by atoms with Crippen molar-refractivity contribution in [3.63, 3.8) is 0 Å². The van der Waals surface area contributed by atoms with Crippen LogP contribution >= 0.6 is 11.7 Å². The quantitative estimate of drug-likeness (QED) is 0.787. The van der Waals surface area contributed by atoms with Crippen LogP contribution in [0.1, 0.15) is 26.2 Å². The molecular weight excluding hydrogens is 268 g/mol. The van der Waals surface area contributed by atoms with Gasteiger partial charge in [0.15, 0.2) is 11.2 Å². The van der Waals surface area contributed by atoms with Crippen molar-refractivity contribution in [1.29, 1.82) is 0 Å². The molecule has 0 radical (unpaired) electrons. The standard InChI is InChI=1S/C11H16N4O3S/c1-7(16)5-3-4-6-15-10(17)8-9(13-19-12-8)14(2)11(15)18/h7,16H,3-6H2,1-2H3/t7-/m1/s1. The van der Waals surface area contributed by atoms with Crippen LogP contribution in [-0.2, 0) is 13.6 Å². The summed E-state index contributed by atoms with van der Waals surface area (Å²) < 4.78 is 10.4. The predicted octanol–water partition coefficient (Wildman–Crippen LogP) is 0.103. The normalized spacial score (nSPS) is 13.0. The van der Waals surface area contributed by atoms with Gasteiger partial charge in [0, 0.05) is 13.6 Å². The summed E-state index contributed by atoms with van der Waals surface area (Å²) in [7, 11) is 1.58. The largest absolute Gasteiger partial charge is 0.393 e. The Balaban J connectivity index is 2.28. The van der Waals surface area contributed by atoms with Crippen molar-refractivity contribution >= 4 is 22.9 Å². The average molecular weight is 284 g/mol. The molecule has 0 fully saturated rings. The molecule has 0 aliphatic carbocycles. The van der Waals surface area contributed by atoms with E-state index in [2.05, 4.69) is 8.75 Å². The molecule has 0 aliphatic heterocycles. The molecule has 0 aromatic carbocycles. The van der Waals surface area contributed by atoms with E-state index in [4.69, 9.17) is 5.11 Å². The van der Waals surface area contributed by atoms with Crippen molar-refractivity contribution < 1.29 is 5.11 Å². The van der Waals surface area contributed by atoms with Crippen molar-refractivity contribution in [1.82, 2.24) is 17.9 Å². The highest BCUT2D eigenvalue weighted by atomic mass is 32.1. The second-order valence-electron chi connectivity index (χ2n) is 4.58. The molecule has 104 valence electrons. The lowest BCUT2D eigenvalue weighted by Gasteiger charge is -2.07. The molecule has 8 heteroatoms. The van der Waals surface area contributed by atoms with Crippen LogP contribution in [0.25, 0.3) is 11.2 Å². The van der Waals surface area contributed by atoms with E-state index >= 15 is 0 Å². The van der Waals surface area contributed by atoms with E-state index in [-0.39, 0.29) is 22.9 Å². The molecule has 0 bridgehead atoms. The van der Waals surface area contributed by atoms with Gasteiger partial charge < -0.3 is 5.11 Å². The number of fused-ring (bicyclic) bond motifs is 1. The summed E-state index contributed by atoms with van der Waals surface area (Å²) in [5, 5.41) is 9.17. The SMILES string of the molecule is C[C@@H](O)CCCCn1c(=O)c2nsnc2n(C)c1=O. The molecule has 1 atom stereocenters. The molecule has 2 aromatic heterocycles. The third-order valence-electron chi connectivity index (χ3n) is 3.01. The lowest BCUT2D eigenvalue weighted by molar-refractivity contribution is 0.180. The van der Waals surface area contributed by atoms with E-state index in [1.54, 1.807) is 14.0 Å². The first kappa shape index (κ1) is 13.9. The second kappa shape index (κ2) is 5.62. The Morgan fingerprint density at radius 1 is 1.32 bits per heavy atom. The summed E-state index contributed by atoms with van der Waals surface area (Å²) in [4.78, 5) is 24.1. The Labute approximate surface area is 113 Å². The summed E-state index contributed by atoms with van der Waals surface area (Å²) in [6.07, 6.45) is 1.74. The van der Waals surface area contributed by atoms with Gasteiger partial charge >= 0.3 is 5.69 Å². The summed E-state index contributed by atoms with van der Waals surface area (Å²) >= 11 is 0.925. The highest BCUT2D eigenvalue weighted by molar-refractivity contribution is 7.00. The van der Waals surface area contributed by atoms with Crippen LogP contribution < -0.4 is 11.2 Å². The van der Waals surface area contributed by atoms with Gasteiger partial charge in [0.1, 0.15) is 0 Å². The zero-order chi connectivity index (χ0) is 14.0. The molecule has 0 saturated carbocycles. The number of aromatic nitrogens is 4. The highest BCUT2D eigenvalue weighted by Crippen LogP contribution is 2.04. The van der Waals surface area contributed by atoms with Crippen molar-refractivity contribution in [2.45, 2.75) is 38.8 Å². The third-order valence-corrected chi connectivity index (χ3v) is 3.53.